The molecule has 2 rings (SSSR count). The van der Waals surface area contributed by atoms with E-state index in [-0.39, 0.29) is 12.1 Å². The van der Waals surface area contributed by atoms with Crippen LogP contribution in [0.4, 0.5) is 0 Å². The molecule has 0 heterocycles. The fourth-order valence-electron chi connectivity index (χ4n) is 3.97. The summed E-state index contributed by atoms with van der Waals surface area (Å²) in [4.78, 5) is 12.3. The lowest BCUT2D eigenvalue weighted by atomic mass is 9.82. The molecule has 4 nitrogen and oxygen atoms in total. The van der Waals surface area contributed by atoms with Gasteiger partial charge in [-0.2, -0.15) is 5.26 Å². The number of unbranched alkanes of at least 4 members (excludes halogenated alkanes) is 5. The first-order valence-corrected chi connectivity index (χ1v) is 11.9. The van der Waals surface area contributed by atoms with Gasteiger partial charge in [0.1, 0.15) is 11.9 Å². The SMILES string of the molecule is CCCCCCCCOc1ccc(C2CCC(OC(=O)C(C)(C#N)CC)CC2)cc1. The minimum absolute atomic E-state index is 0.0621. The molecule has 1 aliphatic carbocycles. The van der Waals surface area contributed by atoms with E-state index in [0.717, 1.165) is 44.5 Å². The third-order valence-corrected chi connectivity index (χ3v) is 6.47. The predicted octanol–water partition coefficient (Wildman–Crippen LogP) is 6.94. The number of carbonyl (C=O) groups excluding carboxylic acids is 1. The first kappa shape index (κ1) is 24.3. The summed E-state index contributed by atoms with van der Waals surface area (Å²) in [6.07, 6.45) is 11.8. The molecule has 0 bridgehead atoms. The van der Waals surface area contributed by atoms with Crippen molar-refractivity contribution in [2.45, 2.75) is 103 Å². The zero-order valence-electron chi connectivity index (χ0n) is 19.1. The van der Waals surface area contributed by atoms with Crippen LogP contribution in [0.2, 0.25) is 0 Å². The summed E-state index contributed by atoms with van der Waals surface area (Å²) in [6.45, 7) is 6.55. The maximum atomic E-state index is 12.3. The van der Waals surface area contributed by atoms with Gasteiger partial charge in [-0.05, 0) is 69.1 Å². The van der Waals surface area contributed by atoms with Crippen LogP contribution < -0.4 is 4.74 Å². The molecule has 166 valence electrons. The van der Waals surface area contributed by atoms with Crippen molar-refractivity contribution in [1.82, 2.24) is 0 Å². The van der Waals surface area contributed by atoms with Gasteiger partial charge in [-0.3, -0.25) is 4.79 Å². The van der Waals surface area contributed by atoms with Crippen molar-refractivity contribution in [2.24, 2.45) is 5.41 Å². The average Bonchev–Trinajstić information content (AvgIpc) is 2.79. The molecular weight excluding hydrogens is 374 g/mol. The van der Waals surface area contributed by atoms with E-state index in [0.29, 0.717) is 12.3 Å². The van der Waals surface area contributed by atoms with Crippen LogP contribution in [0.1, 0.15) is 103 Å². The Balaban J connectivity index is 1.71. The minimum Gasteiger partial charge on any atom is -0.494 e. The topological polar surface area (TPSA) is 59.3 Å². The highest BCUT2D eigenvalue weighted by atomic mass is 16.5. The molecule has 1 fully saturated rings. The Labute approximate surface area is 183 Å². The number of rotatable bonds is 12. The molecule has 1 unspecified atom stereocenters. The first-order valence-electron chi connectivity index (χ1n) is 11.9. The Morgan fingerprint density at radius 2 is 1.67 bits per heavy atom. The molecule has 1 atom stereocenters. The van der Waals surface area contributed by atoms with Crippen LogP contribution in [0.3, 0.4) is 0 Å². The Hall–Kier alpha value is -2.02. The monoisotopic (exact) mass is 413 g/mol. The van der Waals surface area contributed by atoms with Crippen molar-refractivity contribution in [3.05, 3.63) is 29.8 Å². The van der Waals surface area contributed by atoms with Gasteiger partial charge in [0, 0.05) is 0 Å². The number of benzene rings is 1. The molecule has 0 aromatic heterocycles. The van der Waals surface area contributed by atoms with Gasteiger partial charge < -0.3 is 9.47 Å². The Kier molecular flexibility index (Phi) is 10.2. The highest BCUT2D eigenvalue weighted by Crippen LogP contribution is 2.35. The standard InChI is InChI=1S/C26H39NO3/c1-4-6-7-8-9-10-19-29-23-15-11-21(12-16-23)22-13-17-24(18-14-22)30-25(28)26(3,5-2)20-27/h11-12,15-16,22,24H,4-10,13-14,17-19H2,1-3H3. The van der Waals surface area contributed by atoms with Gasteiger partial charge in [0.05, 0.1) is 12.7 Å². The Bertz CT molecular complexity index is 671. The molecule has 1 aromatic carbocycles. The lowest BCUT2D eigenvalue weighted by Gasteiger charge is -2.30. The summed E-state index contributed by atoms with van der Waals surface area (Å²) in [5.74, 6) is 1.08. The maximum Gasteiger partial charge on any atom is 0.326 e. The van der Waals surface area contributed by atoms with Gasteiger partial charge in [0.2, 0.25) is 0 Å². The van der Waals surface area contributed by atoms with Crippen LogP contribution in [-0.2, 0) is 9.53 Å². The summed E-state index contributed by atoms with van der Waals surface area (Å²) >= 11 is 0. The molecule has 0 radical (unpaired) electrons. The van der Waals surface area contributed by atoms with Crippen LogP contribution in [0.5, 0.6) is 5.75 Å². The second kappa shape index (κ2) is 12.6. The van der Waals surface area contributed by atoms with Crippen molar-refractivity contribution in [2.75, 3.05) is 6.61 Å². The fraction of sp³-hybridized carbons (Fsp3) is 0.692. The molecule has 30 heavy (non-hydrogen) atoms. The van der Waals surface area contributed by atoms with Crippen molar-refractivity contribution < 1.29 is 14.3 Å². The molecule has 0 N–H and O–H groups in total. The number of nitrogens with zero attached hydrogens (tertiary/aromatic N) is 1. The number of carbonyl (C=O) groups is 1. The lowest BCUT2D eigenvalue weighted by Crippen LogP contribution is -2.33. The summed E-state index contributed by atoms with van der Waals surface area (Å²) < 4.78 is 11.5. The van der Waals surface area contributed by atoms with Gasteiger partial charge in [-0.15, -0.1) is 0 Å². The highest BCUT2D eigenvalue weighted by Gasteiger charge is 2.35. The van der Waals surface area contributed by atoms with Gasteiger partial charge in [-0.1, -0.05) is 58.1 Å². The van der Waals surface area contributed by atoms with Crippen molar-refractivity contribution >= 4 is 5.97 Å². The second-order valence-corrected chi connectivity index (χ2v) is 8.86. The Morgan fingerprint density at radius 1 is 1.03 bits per heavy atom. The van der Waals surface area contributed by atoms with Crippen LogP contribution >= 0.6 is 0 Å². The fourth-order valence-corrected chi connectivity index (χ4v) is 3.97. The summed E-state index contributed by atoms with van der Waals surface area (Å²) in [5.41, 5.74) is 0.310. The smallest absolute Gasteiger partial charge is 0.326 e. The van der Waals surface area contributed by atoms with E-state index in [1.54, 1.807) is 6.92 Å². The summed E-state index contributed by atoms with van der Waals surface area (Å²) in [6, 6.07) is 10.6. The van der Waals surface area contributed by atoms with E-state index in [1.165, 1.54) is 37.7 Å². The van der Waals surface area contributed by atoms with Crippen LogP contribution in [-0.4, -0.2) is 18.7 Å². The number of hydrogen-bond acceptors (Lipinski definition) is 4. The third-order valence-electron chi connectivity index (χ3n) is 6.47. The molecule has 1 aliphatic rings. The van der Waals surface area contributed by atoms with E-state index in [9.17, 15) is 10.1 Å². The van der Waals surface area contributed by atoms with E-state index < -0.39 is 5.41 Å². The largest absolute Gasteiger partial charge is 0.494 e. The quantitative estimate of drug-likeness (QED) is 0.275. The Morgan fingerprint density at radius 3 is 2.27 bits per heavy atom. The molecule has 1 aromatic rings. The van der Waals surface area contributed by atoms with Crippen LogP contribution in [0.15, 0.2) is 24.3 Å². The van der Waals surface area contributed by atoms with Crippen molar-refractivity contribution in [3.63, 3.8) is 0 Å². The number of nitriles is 1. The van der Waals surface area contributed by atoms with Gasteiger partial charge in [0.15, 0.2) is 5.41 Å². The lowest BCUT2D eigenvalue weighted by molar-refractivity contribution is -0.159. The summed E-state index contributed by atoms with van der Waals surface area (Å²) in [5, 5.41) is 9.25. The highest BCUT2D eigenvalue weighted by molar-refractivity contribution is 5.79. The zero-order valence-corrected chi connectivity index (χ0v) is 19.1. The van der Waals surface area contributed by atoms with Gasteiger partial charge >= 0.3 is 5.97 Å². The average molecular weight is 414 g/mol. The van der Waals surface area contributed by atoms with E-state index in [2.05, 4.69) is 37.3 Å². The van der Waals surface area contributed by atoms with Crippen LogP contribution in [0.25, 0.3) is 0 Å². The van der Waals surface area contributed by atoms with E-state index in [4.69, 9.17) is 9.47 Å². The molecule has 4 heteroatoms. The minimum atomic E-state index is -1.03. The second-order valence-electron chi connectivity index (χ2n) is 8.86. The zero-order chi connectivity index (χ0) is 21.8. The molecule has 0 aliphatic heterocycles. The van der Waals surface area contributed by atoms with Gasteiger partial charge in [0.25, 0.3) is 0 Å². The third kappa shape index (κ3) is 7.35. The molecule has 0 amide bonds. The molecular formula is C26H39NO3. The molecule has 0 saturated heterocycles. The number of ether oxygens (including phenoxy) is 2. The number of hydrogen-bond donors (Lipinski definition) is 0. The van der Waals surface area contributed by atoms with E-state index >= 15 is 0 Å². The maximum absolute atomic E-state index is 12.3. The van der Waals surface area contributed by atoms with Crippen LogP contribution in [0, 0.1) is 16.7 Å². The van der Waals surface area contributed by atoms with Gasteiger partial charge in [-0.25, -0.2) is 0 Å². The van der Waals surface area contributed by atoms with Crippen molar-refractivity contribution in [1.29, 1.82) is 5.26 Å². The predicted molar refractivity (Wildman–Crippen MR) is 120 cm³/mol. The number of esters is 1. The van der Waals surface area contributed by atoms with Crippen molar-refractivity contribution in [3.8, 4) is 11.8 Å². The molecule has 1 saturated carbocycles. The first-order chi connectivity index (χ1) is 14.5. The van der Waals surface area contributed by atoms with E-state index in [1.807, 2.05) is 6.92 Å². The summed E-state index contributed by atoms with van der Waals surface area (Å²) in [7, 11) is 0. The molecule has 0 spiro atoms. The normalized spacial score (nSPS) is 20.7.